The number of fused-ring (bicyclic) bond motifs is 1. The number of rotatable bonds is 6. The third kappa shape index (κ3) is 3.29. The van der Waals surface area contributed by atoms with Crippen LogP contribution in [0.25, 0.3) is 10.9 Å². The van der Waals surface area contributed by atoms with Gasteiger partial charge in [0.25, 0.3) is 0 Å². The fraction of sp³-hybridized carbons (Fsp3) is 0.333. The third-order valence-corrected chi connectivity index (χ3v) is 3.20. The lowest BCUT2D eigenvalue weighted by Crippen LogP contribution is -2.14. The molecule has 2 nitrogen and oxygen atoms in total. The Labute approximate surface area is 113 Å². The number of halogens is 1. The van der Waals surface area contributed by atoms with Crippen molar-refractivity contribution in [2.24, 2.45) is 0 Å². The molecule has 0 spiro atoms. The third-order valence-electron chi connectivity index (χ3n) is 2.97. The summed E-state index contributed by atoms with van der Waals surface area (Å²) >= 11 is 5.95. The molecule has 0 radical (unpaired) electrons. The number of H-pyrrole nitrogens is 1. The van der Waals surface area contributed by atoms with Gasteiger partial charge in [-0.2, -0.15) is 0 Å². The number of nitrogens with one attached hydrogen (secondary N) is 2. The van der Waals surface area contributed by atoms with Gasteiger partial charge < -0.3 is 10.3 Å². The number of hydrogen-bond donors (Lipinski definition) is 2. The molecule has 3 heteroatoms. The van der Waals surface area contributed by atoms with Crippen LogP contribution in [0, 0.1) is 12.3 Å². The van der Waals surface area contributed by atoms with Gasteiger partial charge in [0.1, 0.15) is 0 Å². The van der Waals surface area contributed by atoms with Crippen molar-refractivity contribution in [3.05, 3.63) is 35.0 Å². The van der Waals surface area contributed by atoms with Crippen molar-refractivity contribution >= 4 is 22.5 Å². The molecule has 2 N–H and O–H groups in total. The molecule has 0 saturated heterocycles. The first-order chi connectivity index (χ1) is 8.81. The van der Waals surface area contributed by atoms with Crippen LogP contribution < -0.4 is 5.32 Å². The molecule has 2 aromatic rings. The lowest BCUT2D eigenvalue weighted by atomic mass is 10.1. The zero-order valence-corrected chi connectivity index (χ0v) is 11.1. The molecule has 94 valence electrons. The molecule has 0 unspecified atom stereocenters. The van der Waals surface area contributed by atoms with Gasteiger partial charge in [-0.15, -0.1) is 12.3 Å². The highest BCUT2D eigenvalue weighted by molar-refractivity contribution is 6.31. The number of unbranched alkanes of at least 4 members (excludes halogenated alkanes) is 2. The van der Waals surface area contributed by atoms with Gasteiger partial charge in [-0.3, -0.25) is 0 Å². The van der Waals surface area contributed by atoms with Gasteiger partial charge in [0.15, 0.2) is 0 Å². The lowest BCUT2D eigenvalue weighted by Gasteiger charge is -2.03. The molecule has 0 aliphatic heterocycles. The van der Waals surface area contributed by atoms with Crippen molar-refractivity contribution in [1.29, 1.82) is 0 Å². The Morgan fingerprint density at radius 3 is 3.06 bits per heavy atom. The van der Waals surface area contributed by atoms with Gasteiger partial charge in [-0.05, 0) is 37.1 Å². The average molecular weight is 261 g/mol. The predicted octanol–water partition coefficient (Wildman–Crippen LogP) is 3.71. The Morgan fingerprint density at radius 2 is 2.22 bits per heavy atom. The number of aromatic nitrogens is 1. The maximum absolute atomic E-state index is 5.95. The number of terminal acetylenes is 1. The van der Waals surface area contributed by atoms with Crippen LogP contribution in [0.1, 0.15) is 24.8 Å². The summed E-state index contributed by atoms with van der Waals surface area (Å²) < 4.78 is 0. The van der Waals surface area contributed by atoms with E-state index in [9.17, 15) is 0 Å². The van der Waals surface area contributed by atoms with E-state index in [4.69, 9.17) is 18.0 Å². The fourth-order valence-corrected chi connectivity index (χ4v) is 2.18. The van der Waals surface area contributed by atoms with Crippen molar-refractivity contribution in [3.8, 4) is 12.3 Å². The van der Waals surface area contributed by atoms with Crippen LogP contribution in [0.4, 0.5) is 0 Å². The maximum atomic E-state index is 5.95. The molecule has 18 heavy (non-hydrogen) atoms. The summed E-state index contributed by atoms with van der Waals surface area (Å²) in [6.07, 6.45) is 10.3. The van der Waals surface area contributed by atoms with E-state index in [1.165, 1.54) is 10.9 Å². The van der Waals surface area contributed by atoms with Gasteiger partial charge in [0.05, 0.1) is 0 Å². The van der Waals surface area contributed by atoms with Gasteiger partial charge in [0.2, 0.25) is 0 Å². The minimum Gasteiger partial charge on any atom is -0.361 e. The normalized spacial score (nSPS) is 10.7. The van der Waals surface area contributed by atoms with Gasteiger partial charge >= 0.3 is 0 Å². The minimum atomic E-state index is 0.762. The quantitative estimate of drug-likeness (QED) is 0.601. The zero-order valence-electron chi connectivity index (χ0n) is 10.3. The molecule has 0 bridgehead atoms. The number of benzene rings is 1. The van der Waals surface area contributed by atoms with E-state index >= 15 is 0 Å². The molecule has 0 amide bonds. The highest BCUT2D eigenvalue weighted by Crippen LogP contribution is 2.21. The van der Waals surface area contributed by atoms with E-state index in [0.717, 1.165) is 42.9 Å². The van der Waals surface area contributed by atoms with Gasteiger partial charge in [0, 0.05) is 35.1 Å². The summed E-state index contributed by atoms with van der Waals surface area (Å²) in [6.45, 7) is 1.87. The van der Waals surface area contributed by atoms with Crippen molar-refractivity contribution in [2.45, 2.75) is 25.8 Å². The number of aromatic amines is 1. The van der Waals surface area contributed by atoms with Crippen molar-refractivity contribution in [1.82, 2.24) is 10.3 Å². The second kappa shape index (κ2) is 6.49. The van der Waals surface area contributed by atoms with Gasteiger partial charge in [-0.1, -0.05) is 17.7 Å². The Morgan fingerprint density at radius 1 is 1.33 bits per heavy atom. The SMILES string of the molecule is C#CCCCCNCc1c[nH]c2cc(Cl)ccc12. The summed E-state index contributed by atoms with van der Waals surface area (Å²) in [7, 11) is 0. The van der Waals surface area contributed by atoms with Crippen LogP contribution >= 0.6 is 11.6 Å². The molecule has 0 aliphatic rings. The molecule has 0 atom stereocenters. The largest absolute Gasteiger partial charge is 0.361 e. The lowest BCUT2D eigenvalue weighted by molar-refractivity contribution is 0.631. The predicted molar refractivity (Wildman–Crippen MR) is 77.7 cm³/mol. The van der Waals surface area contributed by atoms with Crippen LogP contribution in [0.15, 0.2) is 24.4 Å². The standard InChI is InChI=1S/C15H17ClN2/c1-2-3-4-5-8-17-10-12-11-18-15-9-13(16)6-7-14(12)15/h1,6-7,9,11,17-18H,3-5,8,10H2. The average Bonchev–Trinajstić information content (AvgIpc) is 2.76. The summed E-state index contributed by atoms with van der Waals surface area (Å²) in [5.74, 6) is 2.66. The monoisotopic (exact) mass is 260 g/mol. The van der Waals surface area contributed by atoms with Crippen molar-refractivity contribution in [2.75, 3.05) is 6.54 Å². The summed E-state index contributed by atoms with van der Waals surface area (Å²) in [5, 5.41) is 5.43. The van der Waals surface area contributed by atoms with Crippen LogP contribution in [-0.2, 0) is 6.54 Å². The van der Waals surface area contributed by atoms with Crippen LogP contribution in [0.3, 0.4) is 0 Å². The van der Waals surface area contributed by atoms with Crippen LogP contribution in [0.5, 0.6) is 0 Å². The highest BCUT2D eigenvalue weighted by Gasteiger charge is 2.03. The van der Waals surface area contributed by atoms with E-state index in [1.807, 2.05) is 18.3 Å². The van der Waals surface area contributed by atoms with Crippen molar-refractivity contribution < 1.29 is 0 Å². The Bertz CT molecular complexity index is 551. The molecular weight excluding hydrogens is 244 g/mol. The molecule has 0 aliphatic carbocycles. The Hall–Kier alpha value is -1.43. The van der Waals surface area contributed by atoms with E-state index in [0.29, 0.717) is 0 Å². The van der Waals surface area contributed by atoms with Gasteiger partial charge in [-0.25, -0.2) is 0 Å². The van der Waals surface area contributed by atoms with Crippen LogP contribution in [-0.4, -0.2) is 11.5 Å². The second-order valence-electron chi connectivity index (χ2n) is 4.34. The van der Waals surface area contributed by atoms with E-state index < -0.39 is 0 Å². The van der Waals surface area contributed by atoms with Crippen molar-refractivity contribution in [3.63, 3.8) is 0 Å². The Balaban J connectivity index is 1.87. The minimum absolute atomic E-state index is 0.762. The molecular formula is C15H17ClN2. The summed E-state index contributed by atoms with van der Waals surface area (Å²) in [4.78, 5) is 3.24. The van der Waals surface area contributed by atoms with E-state index in [1.54, 1.807) is 0 Å². The second-order valence-corrected chi connectivity index (χ2v) is 4.78. The molecule has 0 saturated carbocycles. The molecule has 1 aromatic carbocycles. The molecule has 1 aromatic heterocycles. The summed E-state index contributed by atoms with van der Waals surface area (Å²) in [5.41, 5.74) is 2.37. The first kappa shape index (κ1) is 13.0. The first-order valence-corrected chi connectivity index (χ1v) is 6.59. The smallest absolute Gasteiger partial charge is 0.0472 e. The van der Waals surface area contributed by atoms with E-state index in [2.05, 4.69) is 22.3 Å². The first-order valence-electron chi connectivity index (χ1n) is 6.21. The van der Waals surface area contributed by atoms with E-state index in [-0.39, 0.29) is 0 Å². The maximum Gasteiger partial charge on any atom is 0.0472 e. The molecule has 2 rings (SSSR count). The fourth-order valence-electron chi connectivity index (χ4n) is 2.00. The highest BCUT2D eigenvalue weighted by atomic mass is 35.5. The Kier molecular flexibility index (Phi) is 4.69. The number of hydrogen-bond acceptors (Lipinski definition) is 1. The summed E-state index contributed by atoms with van der Waals surface area (Å²) in [6, 6.07) is 5.94. The molecule has 1 heterocycles. The topological polar surface area (TPSA) is 27.8 Å². The zero-order chi connectivity index (χ0) is 12.8. The molecule has 0 fully saturated rings. The van der Waals surface area contributed by atoms with Crippen LogP contribution in [0.2, 0.25) is 5.02 Å².